The first-order valence-corrected chi connectivity index (χ1v) is 6.43. The number of pyridine rings is 1. The van der Waals surface area contributed by atoms with E-state index in [1.165, 1.54) is 0 Å². The Kier molecular flexibility index (Phi) is 2.91. The lowest BCUT2D eigenvalue weighted by Gasteiger charge is -2.12. The van der Waals surface area contributed by atoms with Gasteiger partial charge in [0.15, 0.2) is 5.65 Å². The Bertz CT molecular complexity index is 551. The number of likely N-dealkylation sites (N-methyl/N-ethyl adjacent to an activating group) is 1. The van der Waals surface area contributed by atoms with Crippen molar-refractivity contribution >= 4 is 5.65 Å². The Labute approximate surface area is 106 Å². The molecule has 1 aliphatic rings. The molecule has 0 saturated carbocycles. The first-order chi connectivity index (χ1) is 8.81. The molecular weight excluding hydrogens is 228 g/mol. The fraction of sp³-hybridized carbons (Fsp3) is 0.538. The Morgan fingerprint density at radius 2 is 2.28 bits per heavy atom. The van der Waals surface area contributed by atoms with Crippen LogP contribution in [-0.4, -0.2) is 46.2 Å². The van der Waals surface area contributed by atoms with E-state index in [9.17, 15) is 0 Å². The molecule has 0 spiro atoms. The zero-order chi connectivity index (χ0) is 12.5. The Morgan fingerprint density at radius 1 is 1.39 bits per heavy atom. The highest BCUT2D eigenvalue weighted by atomic mass is 16.5. The molecule has 0 bridgehead atoms. The minimum absolute atomic E-state index is 0.479. The smallest absolute Gasteiger partial charge is 0.161 e. The van der Waals surface area contributed by atoms with Crippen LogP contribution >= 0.6 is 0 Å². The monoisotopic (exact) mass is 246 g/mol. The lowest BCUT2D eigenvalue weighted by atomic mass is 10.1. The molecule has 1 fully saturated rings. The fourth-order valence-corrected chi connectivity index (χ4v) is 2.62. The number of hydrogen-bond acceptors (Lipinski definition) is 4. The predicted molar refractivity (Wildman–Crippen MR) is 69.0 cm³/mol. The molecule has 3 heterocycles. The van der Waals surface area contributed by atoms with Crippen molar-refractivity contribution < 1.29 is 4.74 Å². The fourth-order valence-electron chi connectivity index (χ4n) is 2.62. The van der Waals surface area contributed by atoms with Gasteiger partial charge in [0.25, 0.3) is 0 Å². The van der Waals surface area contributed by atoms with Crippen molar-refractivity contribution in [2.75, 3.05) is 26.7 Å². The topological polar surface area (TPSA) is 42.7 Å². The minimum atomic E-state index is 0.479. The SMILES string of the molecule is CCN1CCC(c2nnc3ccc(OC)cn23)C1. The summed E-state index contributed by atoms with van der Waals surface area (Å²) in [5.74, 6) is 2.38. The van der Waals surface area contributed by atoms with E-state index < -0.39 is 0 Å². The third kappa shape index (κ3) is 1.84. The third-order valence-corrected chi connectivity index (χ3v) is 3.72. The van der Waals surface area contributed by atoms with Crippen LogP contribution in [0, 0.1) is 0 Å². The number of nitrogens with zero attached hydrogens (tertiary/aromatic N) is 4. The summed E-state index contributed by atoms with van der Waals surface area (Å²) in [5, 5.41) is 8.58. The third-order valence-electron chi connectivity index (χ3n) is 3.72. The second-order valence-electron chi connectivity index (χ2n) is 4.73. The van der Waals surface area contributed by atoms with Crippen molar-refractivity contribution in [3.63, 3.8) is 0 Å². The van der Waals surface area contributed by atoms with Crippen LogP contribution in [0.1, 0.15) is 25.1 Å². The van der Waals surface area contributed by atoms with E-state index in [0.29, 0.717) is 5.92 Å². The maximum atomic E-state index is 5.26. The number of rotatable bonds is 3. The maximum absolute atomic E-state index is 5.26. The zero-order valence-corrected chi connectivity index (χ0v) is 10.8. The van der Waals surface area contributed by atoms with Crippen LogP contribution in [0.15, 0.2) is 18.3 Å². The van der Waals surface area contributed by atoms with E-state index in [1.54, 1.807) is 7.11 Å². The van der Waals surface area contributed by atoms with Gasteiger partial charge >= 0.3 is 0 Å². The van der Waals surface area contributed by atoms with Crippen LogP contribution in [-0.2, 0) is 0 Å². The van der Waals surface area contributed by atoms with Gasteiger partial charge in [-0.2, -0.15) is 0 Å². The summed E-state index contributed by atoms with van der Waals surface area (Å²) in [6.07, 6.45) is 3.13. The lowest BCUT2D eigenvalue weighted by molar-refractivity contribution is 0.352. The van der Waals surface area contributed by atoms with Gasteiger partial charge in [-0.1, -0.05) is 6.92 Å². The predicted octanol–water partition coefficient (Wildman–Crippen LogP) is 1.55. The number of methoxy groups -OCH3 is 1. The van der Waals surface area contributed by atoms with Gasteiger partial charge in [-0.05, 0) is 31.6 Å². The number of fused-ring (bicyclic) bond motifs is 1. The summed E-state index contributed by atoms with van der Waals surface area (Å²) in [5.41, 5.74) is 0.890. The molecule has 2 aromatic heterocycles. The van der Waals surface area contributed by atoms with Gasteiger partial charge in [0.05, 0.1) is 13.3 Å². The molecule has 0 aliphatic carbocycles. The van der Waals surface area contributed by atoms with Crippen LogP contribution in [0.25, 0.3) is 5.65 Å². The number of likely N-dealkylation sites (tertiary alicyclic amines) is 1. The lowest BCUT2D eigenvalue weighted by Crippen LogP contribution is -2.19. The van der Waals surface area contributed by atoms with E-state index in [0.717, 1.165) is 43.3 Å². The van der Waals surface area contributed by atoms with Crippen molar-refractivity contribution in [1.82, 2.24) is 19.5 Å². The molecule has 1 saturated heterocycles. The summed E-state index contributed by atoms with van der Waals surface area (Å²) in [6.45, 7) is 5.54. The molecule has 5 nitrogen and oxygen atoms in total. The van der Waals surface area contributed by atoms with Crippen molar-refractivity contribution in [3.8, 4) is 5.75 Å². The second kappa shape index (κ2) is 4.57. The molecule has 0 amide bonds. The van der Waals surface area contributed by atoms with Crippen LogP contribution < -0.4 is 4.74 Å². The molecule has 3 rings (SSSR count). The van der Waals surface area contributed by atoms with Gasteiger partial charge in [-0.15, -0.1) is 10.2 Å². The summed E-state index contributed by atoms with van der Waals surface area (Å²) >= 11 is 0. The van der Waals surface area contributed by atoms with Crippen LogP contribution in [0.3, 0.4) is 0 Å². The van der Waals surface area contributed by atoms with E-state index >= 15 is 0 Å². The van der Waals surface area contributed by atoms with Crippen molar-refractivity contribution in [2.45, 2.75) is 19.3 Å². The highest BCUT2D eigenvalue weighted by Crippen LogP contribution is 2.26. The Hall–Kier alpha value is -1.62. The van der Waals surface area contributed by atoms with Crippen LogP contribution in [0.5, 0.6) is 5.75 Å². The standard InChI is InChI=1S/C13H18N4O/c1-3-16-7-6-10(8-16)13-15-14-12-5-4-11(18-2)9-17(12)13/h4-5,9-10H,3,6-8H2,1-2H3. The summed E-state index contributed by atoms with van der Waals surface area (Å²) in [7, 11) is 1.68. The number of ether oxygens (including phenoxy) is 1. The quantitative estimate of drug-likeness (QED) is 0.824. The van der Waals surface area contributed by atoms with E-state index in [4.69, 9.17) is 4.74 Å². The minimum Gasteiger partial charge on any atom is -0.495 e. The highest BCUT2D eigenvalue weighted by molar-refractivity contribution is 5.42. The zero-order valence-electron chi connectivity index (χ0n) is 10.8. The largest absolute Gasteiger partial charge is 0.495 e. The van der Waals surface area contributed by atoms with Gasteiger partial charge < -0.3 is 9.64 Å². The molecule has 0 aromatic carbocycles. The first kappa shape index (κ1) is 11.5. The summed E-state index contributed by atoms with van der Waals surface area (Å²) in [4.78, 5) is 2.45. The molecule has 5 heteroatoms. The Morgan fingerprint density at radius 3 is 3.00 bits per heavy atom. The van der Waals surface area contributed by atoms with Crippen molar-refractivity contribution in [1.29, 1.82) is 0 Å². The molecule has 0 radical (unpaired) electrons. The second-order valence-corrected chi connectivity index (χ2v) is 4.73. The van der Waals surface area contributed by atoms with Gasteiger partial charge in [0.1, 0.15) is 11.6 Å². The molecule has 1 unspecified atom stereocenters. The van der Waals surface area contributed by atoms with Crippen molar-refractivity contribution in [2.24, 2.45) is 0 Å². The number of aromatic nitrogens is 3. The molecule has 2 aromatic rings. The number of hydrogen-bond donors (Lipinski definition) is 0. The highest BCUT2D eigenvalue weighted by Gasteiger charge is 2.26. The Balaban J connectivity index is 1.96. The van der Waals surface area contributed by atoms with E-state index in [-0.39, 0.29) is 0 Å². The molecular formula is C13H18N4O. The van der Waals surface area contributed by atoms with Crippen LogP contribution in [0.2, 0.25) is 0 Å². The molecule has 1 atom stereocenters. The van der Waals surface area contributed by atoms with E-state index in [1.807, 2.05) is 18.3 Å². The molecule has 1 aliphatic heterocycles. The van der Waals surface area contributed by atoms with E-state index in [2.05, 4.69) is 26.4 Å². The normalized spacial score (nSPS) is 20.7. The summed E-state index contributed by atoms with van der Waals surface area (Å²) in [6, 6.07) is 3.86. The van der Waals surface area contributed by atoms with Crippen molar-refractivity contribution in [3.05, 3.63) is 24.2 Å². The van der Waals surface area contributed by atoms with Gasteiger partial charge in [-0.3, -0.25) is 4.40 Å². The molecule has 0 N–H and O–H groups in total. The van der Waals surface area contributed by atoms with Gasteiger partial charge in [0.2, 0.25) is 0 Å². The van der Waals surface area contributed by atoms with Crippen LogP contribution in [0.4, 0.5) is 0 Å². The molecule has 18 heavy (non-hydrogen) atoms. The maximum Gasteiger partial charge on any atom is 0.161 e. The van der Waals surface area contributed by atoms with Gasteiger partial charge in [-0.25, -0.2) is 0 Å². The summed E-state index contributed by atoms with van der Waals surface area (Å²) < 4.78 is 7.32. The molecule has 96 valence electrons. The van der Waals surface area contributed by atoms with Gasteiger partial charge in [0, 0.05) is 12.5 Å². The first-order valence-electron chi connectivity index (χ1n) is 6.43. The average molecular weight is 246 g/mol. The average Bonchev–Trinajstić information content (AvgIpc) is 3.03.